The molecule has 0 fully saturated rings. The molecule has 0 saturated carbocycles. The van der Waals surface area contributed by atoms with Gasteiger partial charge in [0, 0.05) is 23.4 Å². The lowest BCUT2D eigenvalue weighted by Gasteiger charge is -2.07. The highest BCUT2D eigenvalue weighted by Gasteiger charge is 2.17. The minimum Gasteiger partial charge on any atom is -0.454 e. The van der Waals surface area contributed by atoms with Gasteiger partial charge in [-0.2, -0.15) is 5.10 Å². The molecule has 6 nitrogen and oxygen atoms in total. The van der Waals surface area contributed by atoms with Crippen molar-refractivity contribution in [2.75, 3.05) is 0 Å². The van der Waals surface area contributed by atoms with Gasteiger partial charge in [-0.05, 0) is 17.5 Å². The molecular weight excluding hydrogens is 398 g/mol. The fourth-order valence-corrected chi connectivity index (χ4v) is 3.99. The van der Waals surface area contributed by atoms with Gasteiger partial charge in [0.1, 0.15) is 11.6 Å². The summed E-state index contributed by atoms with van der Waals surface area (Å²) in [6, 6.07) is 15.2. The van der Waals surface area contributed by atoms with Gasteiger partial charge in [0.2, 0.25) is 0 Å². The second-order valence-corrected chi connectivity index (χ2v) is 8.18. The van der Waals surface area contributed by atoms with Crippen molar-refractivity contribution in [2.45, 2.75) is 26.4 Å². The van der Waals surface area contributed by atoms with Crippen LogP contribution in [0.15, 0.2) is 58.7 Å². The maximum Gasteiger partial charge on any atom is 0.359 e. The number of benzene rings is 2. The van der Waals surface area contributed by atoms with E-state index in [0.29, 0.717) is 22.4 Å². The number of fused-ring (bicyclic) bond motifs is 1. The molecule has 0 aliphatic rings. The van der Waals surface area contributed by atoms with Crippen molar-refractivity contribution >= 4 is 28.1 Å². The largest absolute Gasteiger partial charge is 0.454 e. The van der Waals surface area contributed by atoms with Gasteiger partial charge in [-0.25, -0.2) is 14.5 Å². The Bertz CT molecular complexity index is 1270. The van der Waals surface area contributed by atoms with Gasteiger partial charge >= 0.3 is 5.97 Å². The third-order valence-corrected chi connectivity index (χ3v) is 5.82. The zero-order chi connectivity index (χ0) is 21.3. The van der Waals surface area contributed by atoms with Crippen LogP contribution in [0.25, 0.3) is 21.3 Å². The maximum absolute atomic E-state index is 12.6. The average Bonchev–Trinajstić information content (AvgIpc) is 3.24. The van der Waals surface area contributed by atoms with Gasteiger partial charge in [-0.15, -0.1) is 11.3 Å². The van der Waals surface area contributed by atoms with E-state index >= 15 is 0 Å². The zero-order valence-corrected chi connectivity index (χ0v) is 17.8. The van der Waals surface area contributed by atoms with Crippen LogP contribution in [0.2, 0.25) is 0 Å². The lowest BCUT2D eigenvalue weighted by Crippen LogP contribution is -2.23. The molecule has 0 N–H and O–H groups in total. The van der Waals surface area contributed by atoms with Crippen LogP contribution in [0.1, 0.15) is 41.5 Å². The molecule has 2 heterocycles. The molecule has 30 heavy (non-hydrogen) atoms. The van der Waals surface area contributed by atoms with Crippen LogP contribution in [0, 0.1) is 0 Å². The van der Waals surface area contributed by atoms with E-state index in [1.807, 2.05) is 5.38 Å². The first kappa shape index (κ1) is 20.0. The quantitative estimate of drug-likeness (QED) is 0.444. The van der Waals surface area contributed by atoms with Crippen LogP contribution in [0.4, 0.5) is 0 Å². The van der Waals surface area contributed by atoms with E-state index in [2.05, 4.69) is 48.2 Å². The van der Waals surface area contributed by atoms with Crippen LogP contribution >= 0.6 is 11.3 Å². The molecule has 2 aromatic heterocycles. The fourth-order valence-electron chi connectivity index (χ4n) is 3.17. The third kappa shape index (κ3) is 3.89. The summed E-state index contributed by atoms with van der Waals surface area (Å²) in [4.78, 5) is 29.4. The van der Waals surface area contributed by atoms with Gasteiger partial charge < -0.3 is 4.74 Å². The molecule has 0 bridgehead atoms. The maximum atomic E-state index is 12.6. The smallest absolute Gasteiger partial charge is 0.359 e. The number of ether oxygens (including phenoxy) is 1. The van der Waals surface area contributed by atoms with E-state index < -0.39 is 5.97 Å². The summed E-state index contributed by atoms with van der Waals surface area (Å²) in [6.45, 7) is 4.36. The van der Waals surface area contributed by atoms with Crippen LogP contribution in [0.5, 0.6) is 0 Å². The van der Waals surface area contributed by atoms with E-state index in [9.17, 15) is 9.59 Å². The van der Waals surface area contributed by atoms with Crippen molar-refractivity contribution in [1.29, 1.82) is 0 Å². The van der Waals surface area contributed by atoms with Crippen LogP contribution in [0.3, 0.4) is 0 Å². The summed E-state index contributed by atoms with van der Waals surface area (Å²) in [5, 5.41) is 7.77. The van der Waals surface area contributed by atoms with Gasteiger partial charge in [-0.1, -0.05) is 56.3 Å². The number of hydrogen-bond acceptors (Lipinski definition) is 6. The summed E-state index contributed by atoms with van der Waals surface area (Å²) >= 11 is 1.51. The van der Waals surface area contributed by atoms with Gasteiger partial charge in [-0.3, -0.25) is 4.79 Å². The molecular formula is C23H21N3O3S. The Kier molecular flexibility index (Phi) is 5.46. The number of rotatable bonds is 5. The second-order valence-electron chi connectivity index (χ2n) is 7.32. The number of esters is 1. The van der Waals surface area contributed by atoms with E-state index in [1.165, 1.54) is 23.9 Å². The van der Waals surface area contributed by atoms with E-state index in [4.69, 9.17) is 4.74 Å². The van der Waals surface area contributed by atoms with Crippen molar-refractivity contribution in [3.63, 3.8) is 0 Å². The summed E-state index contributed by atoms with van der Waals surface area (Å²) < 4.78 is 6.60. The minimum atomic E-state index is -0.586. The molecule has 0 radical (unpaired) electrons. The monoisotopic (exact) mass is 419 g/mol. The van der Waals surface area contributed by atoms with Crippen molar-refractivity contribution in [3.8, 4) is 10.6 Å². The molecule has 2 aromatic carbocycles. The lowest BCUT2D eigenvalue weighted by molar-refractivity contribution is 0.0461. The Labute approximate surface area is 177 Å². The topological polar surface area (TPSA) is 74.1 Å². The molecule has 0 aliphatic heterocycles. The van der Waals surface area contributed by atoms with Crippen molar-refractivity contribution < 1.29 is 9.53 Å². The Morgan fingerprint density at radius 2 is 1.80 bits per heavy atom. The predicted octanol–water partition coefficient (Wildman–Crippen LogP) is 4.54. The molecule has 0 spiro atoms. The Morgan fingerprint density at radius 3 is 2.50 bits per heavy atom. The van der Waals surface area contributed by atoms with Gasteiger partial charge in [0.15, 0.2) is 5.69 Å². The summed E-state index contributed by atoms with van der Waals surface area (Å²) in [5.74, 6) is -0.106. The Balaban J connectivity index is 1.51. The molecule has 7 heteroatoms. The highest BCUT2D eigenvalue weighted by molar-refractivity contribution is 7.13. The third-order valence-electron chi connectivity index (χ3n) is 4.88. The molecule has 4 rings (SSSR count). The van der Waals surface area contributed by atoms with Gasteiger partial charge in [0.25, 0.3) is 5.56 Å². The molecule has 0 saturated heterocycles. The molecule has 0 amide bonds. The first-order chi connectivity index (χ1) is 14.4. The summed E-state index contributed by atoms with van der Waals surface area (Å²) in [6.07, 6.45) is 0. The number of carbonyl (C=O) groups excluding carboxylic acids is 1. The number of aryl methyl sites for hydroxylation is 1. The minimum absolute atomic E-state index is 0.0399. The normalized spacial score (nSPS) is 11.2. The number of thiazole rings is 1. The fraction of sp³-hybridized carbons (Fsp3) is 0.217. The first-order valence-electron chi connectivity index (χ1n) is 9.62. The average molecular weight is 420 g/mol. The summed E-state index contributed by atoms with van der Waals surface area (Å²) in [7, 11) is 1.52. The van der Waals surface area contributed by atoms with Crippen LogP contribution in [-0.4, -0.2) is 20.7 Å². The number of nitrogens with zero attached hydrogens (tertiary/aromatic N) is 3. The zero-order valence-electron chi connectivity index (χ0n) is 17.0. The van der Waals surface area contributed by atoms with Crippen molar-refractivity contribution in [2.24, 2.45) is 7.05 Å². The summed E-state index contributed by atoms with van der Waals surface area (Å²) in [5.41, 5.74) is 2.85. The molecule has 0 aliphatic carbocycles. The van der Waals surface area contributed by atoms with Crippen LogP contribution in [-0.2, 0) is 18.4 Å². The Morgan fingerprint density at radius 1 is 1.10 bits per heavy atom. The highest BCUT2D eigenvalue weighted by atomic mass is 32.1. The highest BCUT2D eigenvalue weighted by Crippen LogP contribution is 2.26. The number of aromatic nitrogens is 3. The Hall–Kier alpha value is -3.32. The van der Waals surface area contributed by atoms with E-state index in [0.717, 1.165) is 15.3 Å². The van der Waals surface area contributed by atoms with E-state index in [-0.39, 0.29) is 17.9 Å². The van der Waals surface area contributed by atoms with Crippen LogP contribution < -0.4 is 5.56 Å². The standard InChI is InChI=1S/C23H21N3O3S/c1-14(2)15-8-10-16(11-9-15)21-24-17(13-30-21)12-29-23(28)20-18-6-4-5-7-19(18)22(27)26(3)25-20/h4-11,13-14H,12H2,1-3H3. The number of hydrogen-bond donors (Lipinski definition) is 0. The van der Waals surface area contributed by atoms with E-state index in [1.54, 1.807) is 24.3 Å². The first-order valence-corrected chi connectivity index (χ1v) is 10.5. The molecule has 0 unspecified atom stereocenters. The number of carbonyl (C=O) groups is 1. The second kappa shape index (κ2) is 8.20. The van der Waals surface area contributed by atoms with Gasteiger partial charge in [0.05, 0.1) is 11.1 Å². The molecule has 4 aromatic rings. The molecule has 0 atom stereocenters. The van der Waals surface area contributed by atoms with Crippen molar-refractivity contribution in [1.82, 2.24) is 14.8 Å². The lowest BCUT2D eigenvalue weighted by atomic mass is 10.0. The SMILES string of the molecule is CC(C)c1ccc(-c2nc(COC(=O)c3nn(C)c(=O)c4ccccc34)cs2)cc1. The molecule has 152 valence electrons. The predicted molar refractivity (Wildman–Crippen MR) is 118 cm³/mol. The van der Waals surface area contributed by atoms with Crippen molar-refractivity contribution in [3.05, 3.63) is 81.2 Å².